The maximum atomic E-state index is 13.8. The molecule has 1 N–H and O–H groups in total. The number of nitrogens with zero attached hydrogens (tertiary/aromatic N) is 3. The van der Waals surface area contributed by atoms with Gasteiger partial charge in [0.1, 0.15) is 5.82 Å². The van der Waals surface area contributed by atoms with E-state index in [1.165, 1.54) is 11.0 Å². The smallest absolute Gasteiger partial charge is 0.246 e. The molecule has 0 spiro atoms. The van der Waals surface area contributed by atoms with Gasteiger partial charge in [-0.2, -0.15) is 4.98 Å². The van der Waals surface area contributed by atoms with Crippen molar-refractivity contribution in [2.24, 2.45) is 0 Å². The fourth-order valence-corrected chi connectivity index (χ4v) is 3.25. The highest BCUT2D eigenvalue weighted by atomic mass is 19.1. The summed E-state index contributed by atoms with van der Waals surface area (Å²) in [6, 6.07) is 10.1. The Labute approximate surface area is 166 Å². The molecule has 1 fully saturated rings. The van der Waals surface area contributed by atoms with Gasteiger partial charge in [0, 0.05) is 24.1 Å². The van der Waals surface area contributed by atoms with Crippen molar-refractivity contribution in [2.45, 2.75) is 33.2 Å². The molecule has 0 bridgehead atoms. The van der Waals surface area contributed by atoms with Crippen LogP contribution in [0.1, 0.15) is 29.9 Å². The summed E-state index contributed by atoms with van der Waals surface area (Å²) in [5.74, 6) is -0.0757. The first-order valence-electron chi connectivity index (χ1n) is 9.22. The van der Waals surface area contributed by atoms with Crippen LogP contribution in [0.15, 0.2) is 40.9 Å². The average molecular weight is 394 g/mol. The SMILES string of the molecule is Cc1ccc(-c2noc(CNc3cccc(N4C(=O)CCC4=O)c3C)n2)cc1F. The van der Waals surface area contributed by atoms with Gasteiger partial charge < -0.3 is 9.84 Å². The van der Waals surface area contributed by atoms with E-state index in [0.717, 1.165) is 11.3 Å². The Hall–Kier alpha value is -3.55. The second kappa shape index (κ2) is 7.46. The average Bonchev–Trinajstić information content (AvgIpc) is 3.30. The molecule has 0 atom stereocenters. The van der Waals surface area contributed by atoms with Crippen molar-refractivity contribution in [2.75, 3.05) is 10.2 Å². The lowest BCUT2D eigenvalue weighted by atomic mass is 10.1. The molecule has 8 heteroatoms. The normalized spacial score (nSPS) is 14.0. The Morgan fingerprint density at radius 2 is 1.90 bits per heavy atom. The number of benzene rings is 2. The highest BCUT2D eigenvalue weighted by Gasteiger charge is 2.31. The molecular weight excluding hydrogens is 375 g/mol. The molecule has 4 rings (SSSR count). The minimum atomic E-state index is -0.328. The molecule has 0 radical (unpaired) electrons. The fourth-order valence-electron chi connectivity index (χ4n) is 3.25. The molecule has 1 aromatic heterocycles. The van der Waals surface area contributed by atoms with Crippen LogP contribution >= 0.6 is 0 Å². The van der Waals surface area contributed by atoms with Crippen LogP contribution < -0.4 is 10.2 Å². The van der Waals surface area contributed by atoms with Gasteiger partial charge in [-0.05, 0) is 43.2 Å². The number of carbonyl (C=O) groups is 2. The molecule has 1 aliphatic rings. The van der Waals surface area contributed by atoms with Crippen LogP contribution in [-0.2, 0) is 16.1 Å². The molecule has 0 unspecified atom stereocenters. The maximum Gasteiger partial charge on any atom is 0.246 e. The van der Waals surface area contributed by atoms with Gasteiger partial charge in [-0.3, -0.25) is 14.5 Å². The van der Waals surface area contributed by atoms with E-state index in [4.69, 9.17) is 4.52 Å². The highest BCUT2D eigenvalue weighted by molar-refractivity contribution is 6.20. The number of aromatic nitrogens is 2. The summed E-state index contributed by atoms with van der Waals surface area (Å²) in [5, 5.41) is 7.09. The number of hydrogen-bond acceptors (Lipinski definition) is 6. The van der Waals surface area contributed by atoms with Crippen LogP contribution in [-0.4, -0.2) is 22.0 Å². The van der Waals surface area contributed by atoms with Gasteiger partial charge in [0.2, 0.25) is 23.5 Å². The van der Waals surface area contributed by atoms with Crippen molar-refractivity contribution in [1.82, 2.24) is 10.1 Å². The highest BCUT2D eigenvalue weighted by Crippen LogP contribution is 2.30. The number of carbonyl (C=O) groups excluding carboxylic acids is 2. The third kappa shape index (κ3) is 3.61. The Bertz CT molecular complexity index is 1090. The summed E-state index contributed by atoms with van der Waals surface area (Å²) < 4.78 is 19.0. The molecule has 2 amide bonds. The fraction of sp³-hybridized carbons (Fsp3) is 0.238. The van der Waals surface area contributed by atoms with E-state index in [9.17, 15) is 14.0 Å². The van der Waals surface area contributed by atoms with Crippen molar-refractivity contribution >= 4 is 23.2 Å². The summed E-state index contributed by atoms with van der Waals surface area (Å²) in [4.78, 5) is 29.6. The van der Waals surface area contributed by atoms with Gasteiger partial charge in [0.25, 0.3) is 0 Å². The molecule has 0 aliphatic carbocycles. The second-order valence-electron chi connectivity index (χ2n) is 6.90. The monoisotopic (exact) mass is 394 g/mol. The van der Waals surface area contributed by atoms with Crippen LogP contribution in [0, 0.1) is 19.7 Å². The molecule has 1 saturated heterocycles. The minimum absolute atomic E-state index is 0.192. The molecule has 1 aliphatic heterocycles. The van der Waals surface area contributed by atoms with Crippen LogP contribution in [0.3, 0.4) is 0 Å². The van der Waals surface area contributed by atoms with Crippen LogP contribution in [0.4, 0.5) is 15.8 Å². The summed E-state index contributed by atoms with van der Waals surface area (Å²) in [6.45, 7) is 3.77. The summed E-state index contributed by atoms with van der Waals surface area (Å²) in [7, 11) is 0. The quantitative estimate of drug-likeness (QED) is 0.663. The molecule has 148 valence electrons. The number of anilines is 2. The van der Waals surface area contributed by atoms with Crippen LogP contribution in [0.5, 0.6) is 0 Å². The van der Waals surface area contributed by atoms with Crippen LogP contribution in [0.2, 0.25) is 0 Å². The van der Waals surface area contributed by atoms with E-state index in [0.29, 0.717) is 28.5 Å². The Kier molecular flexibility index (Phi) is 4.84. The Balaban J connectivity index is 1.51. The number of aryl methyl sites for hydroxylation is 1. The molecule has 7 nitrogen and oxygen atoms in total. The van der Waals surface area contributed by atoms with Gasteiger partial charge in [-0.25, -0.2) is 4.39 Å². The van der Waals surface area contributed by atoms with Gasteiger partial charge >= 0.3 is 0 Å². The minimum Gasteiger partial charge on any atom is -0.376 e. The predicted molar refractivity (Wildman–Crippen MR) is 105 cm³/mol. The number of rotatable bonds is 5. The zero-order valence-electron chi connectivity index (χ0n) is 16.0. The Morgan fingerprint density at radius 1 is 1.14 bits per heavy atom. The van der Waals surface area contributed by atoms with Gasteiger partial charge in [0.05, 0.1) is 12.2 Å². The maximum absolute atomic E-state index is 13.8. The number of imide groups is 1. The first-order valence-corrected chi connectivity index (χ1v) is 9.22. The second-order valence-corrected chi connectivity index (χ2v) is 6.90. The van der Waals surface area contributed by atoms with Crippen molar-refractivity contribution in [1.29, 1.82) is 0 Å². The van der Waals surface area contributed by atoms with Crippen molar-refractivity contribution in [3.05, 3.63) is 59.2 Å². The number of hydrogen-bond donors (Lipinski definition) is 1. The van der Waals surface area contributed by atoms with Crippen molar-refractivity contribution in [3.63, 3.8) is 0 Å². The predicted octanol–water partition coefficient (Wildman–Crippen LogP) is 3.76. The lowest BCUT2D eigenvalue weighted by Crippen LogP contribution is -2.29. The number of nitrogens with one attached hydrogen (secondary N) is 1. The van der Waals surface area contributed by atoms with E-state index in [2.05, 4.69) is 15.5 Å². The lowest BCUT2D eigenvalue weighted by molar-refractivity contribution is -0.121. The lowest BCUT2D eigenvalue weighted by Gasteiger charge is -2.19. The standard InChI is InChI=1S/C21H19FN4O3/c1-12-6-7-14(10-15(12)22)21-24-18(29-25-21)11-23-16-4-3-5-17(13(16)2)26-19(27)8-9-20(26)28/h3-7,10,23H,8-9,11H2,1-2H3. The summed E-state index contributed by atoms with van der Waals surface area (Å²) in [6.07, 6.45) is 0.473. The van der Waals surface area contributed by atoms with Crippen molar-refractivity contribution < 1.29 is 18.5 Å². The molecule has 0 saturated carbocycles. The molecular formula is C21H19FN4O3. The van der Waals surface area contributed by atoms with Crippen molar-refractivity contribution in [3.8, 4) is 11.4 Å². The zero-order chi connectivity index (χ0) is 20.5. The topological polar surface area (TPSA) is 88.3 Å². The first-order chi connectivity index (χ1) is 13.9. The van der Waals surface area contributed by atoms with Crippen LogP contribution in [0.25, 0.3) is 11.4 Å². The Morgan fingerprint density at radius 3 is 2.62 bits per heavy atom. The summed E-state index contributed by atoms with van der Waals surface area (Å²) in [5.41, 5.74) is 3.17. The number of halogens is 1. The molecule has 29 heavy (non-hydrogen) atoms. The van der Waals surface area contributed by atoms with Gasteiger partial charge in [-0.1, -0.05) is 23.4 Å². The number of amides is 2. The van der Waals surface area contributed by atoms with E-state index in [1.54, 1.807) is 31.2 Å². The van der Waals surface area contributed by atoms with E-state index < -0.39 is 0 Å². The first kappa shape index (κ1) is 18.8. The van der Waals surface area contributed by atoms with E-state index >= 15 is 0 Å². The van der Waals surface area contributed by atoms with E-state index in [1.807, 2.05) is 13.0 Å². The zero-order valence-corrected chi connectivity index (χ0v) is 16.0. The third-order valence-corrected chi connectivity index (χ3v) is 4.93. The third-order valence-electron chi connectivity index (χ3n) is 4.93. The largest absolute Gasteiger partial charge is 0.376 e. The molecule has 2 heterocycles. The molecule has 2 aromatic carbocycles. The van der Waals surface area contributed by atoms with Gasteiger partial charge in [0.15, 0.2) is 0 Å². The van der Waals surface area contributed by atoms with E-state index in [-0.39, 0.29) is 37.0 Å². The summed E-state index contributed by atoms with van der Waals surface area (Å²) >= 11 is 0. The van der Waals surface area contributed by atoms with Gasteiger partial charge in [-0.15, -0.1) is 0 Å². The molecule has 3 aromatic rings.